The fraction of sp³-hybridized carbons (Fsp3) is 0.286. The predicted molar refractivity (Wildman–Crippen MR) is 74.9 cm³/mol. The van der Waals surface area contributed by atoms with Crippen LogP contribution in [0.25, 0.3) is 0 Å². The molecule has 0 aliphatic heterocycles. The van der Waals surface area contributed by atoms with Crippen LogP contribution in [-0.2, 0) is 7.05 Å². The Labute approximate surface area is 112 Å². The number of aromatic nitrogens is 2. The number of nitrogens with zero attached hydrogens (tertiary/aromatic N) is 2. The molecule has 1 heterocycles. The van der Waals surface area contributed by atoms with Gasteiger partial charge in [-0.1, -0.05) is 6.07 Å². The van der Waals surface area contributed by atoms with Crippen LogP contribution in [0.1, 0.15) is 34.7 Å². The van der Waals surface area contributed by atoms with Crippen LogP contribution in [0.4, 0.5) is 5.69 Å². The molecule has 19 heavy (non-hydrogen) atoms. The van der Waals surface area contributed by atoms with Crippen LogP contribution in [0.15, 0.2) is 30.6 Å². The van der Waals surface area contributed by atoms with Gasteiger partial charge in [-0.15, -0.1) is 0 Å². The number of nitrogens with two attached hydrogens (primary N) is 1. The molecule has 0 aliphatic carbocycles. The number of imidazole rings is 1. The largest absolute Gasteiger partial charge is 0.375 e. The van der Waals surface area contributed by atoms with Crippen LogP contribution in [0.3, 0.4) is 0 Å². The molecule has 0 spiro atoms. The highest BCUT2D eigenvalue weighted by Crippen LogP contribution is 2.23. The van der Waals surface area contributed by atoms with Crippen molar-refractivity contribution in [1.82, 2.24) is 9.55 Å². The topological polar surface area (TPSA) is 72.9 Å². The molecule has 3 N–H and O–H groups in total. The summed E-state index contributed by atoms with van der Waals surface area (Å²) in [7, 11) is 1.95. The van der Waals surface area contributed by atoms with E-state index in [1.54, 1.807) is 12.3 Å². The van der Waals surface area contributed by atoms with E-state index in [0.717, 1.165) is 17.1 Å². The van der Waals surface area contributed by atoms with Gasteiger partial charge in [0.05, 0.1) is 6.04 Å². The van der Waals surface area contributed by atoms with Gasteiger partial charge in [0.25, 0.3) is 0 Å². The maximum absolute atomic E-state index is 11.3. The second kappa shape index (κ2) is 5.14. The Bertz CT molecular complexity index is 603. The Kier molecular flexibility index (Phi) is 3.55. The van der Waals surface area contributed by atoms with E-state index in [1.165, 1.54) is 0 Å². The molecule has 0 saturated carbocycles. The fourth-order valence-electron chi connectivity index (χ4n) is 2.15. The zero-order valence-corrected chi connectivity index (χ0v) is 11.3. The Balaban J connectivity index is 2.27. The third-order valence-corrected chi connectivity index (χ3v) is 3.22. The molecule has 1 aromatic carbocycles. The molecule has 1 atom stereocenters. The summed E-state index contributed by atoms with van der Waals surface area (Å²) < 4.78 is 1.96. The van der Waals surface area contributed by atoms with Crippen LogP contribution in [0.2, 0.25) is 0 Å². The van der Waals surface area contributed by atoms with Gasteiger partial charge < -0.3 is 15.6 Å². The third kappa shape index (κ3) is 2.59. The van der Waals surface area contributed by atoms with Gasteiger partial charge in [0.15, 0.2) is 0 Å². The first-order valence-corrected chi connectivity index (χ1v) is 6.14. The van der Waals surface area contributed by atoms with Crippen molar-refractivity contribution in [2.75, 3.05) is 5.32 Å². The lowest BCUT2D eigenvalue weighted by Gasteiger charge is -2.17. The Morgan fingerprint density at radius 1 is 1.47 bits per heavy atom. The van der Waals surface area contributed by atoms with E-state index < -0.39 is 5.91 Å². The molecule has 1 aromatic heterocycles. The van der Waals surface area contributed by atoms with Crippen LogP contribution in [0.5, 0.6) is 0 Å². The first kappa shape index (κ1) is 13.1. The number of hydrogen-bond donors (Lipinski definition) is 2. The van der Waals surface area contributed by atoms with Gasteiger partial charge in [0.2, 0.25) is 5.91 Å². The maximum atomic E-state index is 11.3. The number of benzene rings is 1. The molecule has 2 aromatic rings. The van der Waals surface area contributed by atoms with E-state index in [9.17, 15) is 4.79 Å². The van der Waals surface area contributed by atoms with Gasteiger partial charge in [0.1, 0.15) is 5.82 Å². The quantitative estimate of drug-likeness (QED) is 0.881. The van der Waals surface area contributed by atoms with E-state index in [-0.39, 0.29) is 6.04 Å². The minimum atomic E-state index is -0.411. The standard InChI is InChI=1S/C14H18N4O/c1-9-11(13(15)19)5-4-6-12(9)17-10(2)14-16-7-8-18(14)3/h4-8,10,17H,1-3H3,(H2,15,19). The SMILES string of the molecule is Cc1c(NC(C)c2nccn2C)cccc1C(N)=O. The van der Waals surface area contributed by atoms with Crippen LogP contribution in [-0.4, -0.2) is 15.5 Å². The van der Waals surface area contributed by atoms with Crippen molar-refractivity contribution in [1.29, 1.82) is 0 Å². The van der Waals surface area contributed by atoms with Gasteiger partial charge in [-0.2, -0.15) is 0 Å². The van der Waals surface area contributed by atoms with Crippen molar-refractivity contribution in [3.8, 4) is 0 Å². The van der Waals surface area contributed by atoms with Crippen LogP contribution < -0.4 is 11.1 Å². The summed E-state index contributed by atoms with van der Waals surface area (Å²) in [4.78, 5) is 15.6. The average molecular weight is 258 g/mol. The number of anilines is 1. The highest BCUT2D eigenvalue weighted by Gasteiger charge is 2.13. The second-order valence-electron chi connectivity index (χ2n) is 4.60. The maximum Gasteiger partial charge on any atom is 0.249 e. The number of hydrogen-bond acceptors (Lipinski definition) is 3. The molecule has 2 rings (SSSR count). The van der Waals surface area contributed by atoms with Crippen molar-refractivity contribution in [3.05, 3.63) is 47.5 Å². The zero-order valence-electron chi connectivity index (χ0n) is 11.3. The van der Waals surface area contributed by atoms with Gasteiger partial charge in [-0.05, 0) is 31.5 Å². The fourth-order valence-corrected chi connectivity index (χ4v) is 2.15. The summed E-state index contributed by atoms with van der Waals surface area (Å²) in [6.07, 6.45) is 3.67. The summed E-state index contributed by atoms with van der Waals surface area (Å²) in [5, 5.41) is 3.36. The van der Waals surface area contributed by atoms with E-state index in [1.807, 2.05) is 43.8 Å². The van der Waals surface area contributed by atoms with Gasteiger partial charge >= 0.3 is 0 Å². The van der Waals surface area contributed by atoms with E-state index in [0.29, 0.717) is 5.56 Å². The summed E-state index contributed by atoms with van der Waals surface area (Å²) in [6, 6.07) is 5.53. The van der Waals surface area contributed by atoms with Gasteiger partial charge in [-0.3, -0.25) is 4.79 Å². The molecular weight excluding hydrogens is 240 g/mol. The Hall–Kier alpha value is -2.30. The van der Waals surface area contributed by atoms with Crippen LogP contribution >= 0.6 is 0 Å². The molecule has 5 nitrogen and oxygen atoms in total. The van der Waals surface area contributed by atoms with E-state index in [4.69, 9.17) is 5.73 Å². The molecule has 0 aliphatic rings. The molecule has 0 bridgehead atoms. The molecular formula is C14H18N4O. The molecule has 0 saturated heterocycles. The molecule has 1 unspecified atom stereocenters. The van der Waals surface area contributed by atoms with Crippen molar-refractivity contribution in [2.45, 2.75) is 19.9 Å². The van der Waals surface area contributed by atoms with Crippen LogP contribution in [0, 0.1) is 6.92 Å². The van der Waals surface area contributed by atoms with Crippen molar-refractivity contribution in [2.24, 2.45) is 12.8 Å². The minimum absolute atomic E-state index is 0.0434. The number of amides is 1. The number of nitrogens with one attached hydrogen (secondary N) is 1. The summed E-state index contributed by atoms with van der Waals surface area (Å²) >= 11 is 0. The predicted octanol–water partition coefficient (Wildman–Crippen LogP) is 2.00. The Morgan fingerprint density at radius 2 is 2.21 bits per heavy atom. The lowest BCUT2D eigenvalue weighted by atomic mass is 10.1. The van der Waals surface area contributed by atoms with Crippen molar-refractivity contribution >= 4 is 11.6 Å². The lowest BCUT2D eigenvalue weighted by Crippen LogP contribution is -2.16. The molecule has 0 radical (unpaired) electrons. The molecule has 1 amide bonds. The first-order chi connectivity index (χ1) is 9.00. The monoisotopic (exact) mass is 258 g/mol. The zero-order chi connectivity index (χ0) is 14.0. The first-order valence-electron chi connectivity index (χ1n) is 6.14. The molecule has 100 valence electrons. The lowest BCUT2D eigenvalue weighted by molar-refractivity contribution is 0.1000. The summed E-state index contributed by atoms with van der Waals surface area (Å²) in [5.74, 6) is 0.523. The number of primary amides is 1. The smallest absolute Gasteiger partial charge is 0.249 e. The van der Waals surface area contributed by atoms with E-state index >= 15 is 0 Å². The van der Waals surface area contributed by atoms with Gasteiger partial charge in [0, 0.05) is 30.7 Å². The highest BCUT2D eigenvalue weighted by atomic mass is 16.1. The second-order valence-corrected chi connectivity index (χ2v) is 4.60. The molecule has 5 heteroatoms. The normalized spacial score (nSPS) is 12.2. The molecule has 0 fully saturated rings. The van der Waals surface area contributed by atoms with Crippen molar-refractivity contribution in [3.63, 3.8) is 0 Å². The number of rotatable bonds is 4. The summed E-state index contributed by atoms with van der Waals surface area (Å²) in [5.41, 5.74) is 7.64. The van der Waals surface area contributed by atoms with Crippen molar-refractivity contribution < 1.29 is 4.79 Å². The Morgan fingerprint density at radius 3 is 2.79 bits per heavy atom. The van der Waals surface area contributed by atoms with E-state index in [2.05, 4.69) is 10.3 Å². The highest BCUT2D eigenvalue weighted by molar-refractivity contribution is 5.95. The average Bonchev–Trinajstić information content (AvgIpc) is 2.77. The number of carbonyl (C=O) groups excluding carboxylic acids is 1. The summed E-state index contributed by atoms with van der Waals surface area (Å²) in [6.45, 7) is 3.91. The third-order valence-electron chi connectivity index (χ3n) is 3.22. The minimum Gasteiger partial charge on any atom is -0.375 e. The van der Waals surface area contributed by atoms with Gasteiger partial charge in [-0.25, -0.2) is 4.98 Å². The number of carbonyl (C=O) groups is 1. The number of aryl methyl sites for hydroxylation is 1.